The van der Waals surface area contributed by atoms with E-state index < -0.39 is 12.0 Å². The van der Waals surface area contributed by atoms with Gasteiger partial charge in [-0.05, 0) is 23.3 Å². The molecule has 134 valence electrons. The number of aromatic nitrogens is 4. The van der Waals surface area contributed by atoms with Crippen LogP contribution < -0.4 is 5.32 Å². The van der Waals surface area contributed by atoms with Crippen molar-refractivity contribution in [1.29, 1.82) is 0 Å². The number of ether oxygens (including phenoxy) is 1. The van der Waals surface area contributed by atoms with Gasteiger partial charge in [0.2, 0.25) is 11.7 Å². The van der Waals surface area contributed by atoms with Crippen LogP contribution in [-0.4, -0.2) is 45.2 Å². The summed E-state index contributed by atoms with van der Waals surface area (Å²) in [5, 5.41) is 14.7. The van der Waals surface area contributed by atoms with Crippen LogP contribution in [0.2, 0.25) is 0 Å². The Kier molecular flexibility index (Phi) is 6.63. The lowest BCUT2D eigenvalue weighted by Gasteiger charge is -2.21. The lowest BCUT2D eigenvalue weighted by Crippen LogP contribution is -2.46. The SMILES string of the molecule is CC[C@H](C)[C@H](NC(=O)Cn1nnc(-c2ccccc2Br)n1)C(=O)OC. The number of esters is 1. The fourth-order valence-corrected chi connectivity index (χ4v) is 2.67. The Bertz CT molecular complexity index is 749. The van der Waals surface area contributed by atoms with Crippen LogP contribution in [0.3, 0.4) is 0 Å². The Balaban J connectivity index is 2.06. The van der Waals surface area contributed by atoms with Gasteiger partial charge >= 0.3 is 5.97 Å². The van der Waals surface area contributed by atoms with Crippen molar-refractivity contribution in [3.8, 4) is 11.4 Å². The number of nitrogens with one attached hydrogen (secondary N) is 1. The topological polar surface area (TPSA) is 99.0 Å². The molecular weight excluding hydrogens is 390 g/mol. The molecule has 1 N–H and O–H groups in total. The van der Waals surface area contributed by atoms with Crippen LogP contribution in [0, 0.1) is 5.92 Å². The lowest BCUT2D eigenvalue weighted by atomic mass is 9.99. The minimum absolute atomic E-state index is 0.0454. The van der Waals surface area contributed by atoms with Crippen LogP contribution in [-0.2, 0) is 20.9 Å². The summed E-state index contributed by atoms with van der Waals surface area (Å²) >= 11 is 3.43. The van der Waals surface area contributed by atoms with Crippen LogP contribution in [0.1, 0.15) is 20.3 Å². The number of carbonyl (C=O) groups excluding carboxylic acids is 2. The molecule has 8 nitrogen and oxygen atoms in total. The van der Waals surface area contributed by atoms with E-state index in [4.69, 9.17) is 4.74 Å². The Hall–Kier alpha value is -2.29. The maximum Gasteiger partial charge on any atom is 0.328 e. The van der Waals surface area contributed by atoms with E-state index in [2.05, 4.69) is 36.7 Å². The molecule has 1 amide bonds. The van der Waals surface area contributed by atoms with Gasteiger partial charge in [-0.3, -0.25) is 4.79 Å². The maximum absolute atomic E-state index is 12.2. The molecule has 0 spiro atoms. The van der Waals surface area contributed by atoms with Crippen molar-refractivity contribution in [1.82, 2.24) is 25.5 Å². The van der Waals surface area contributed by atoms with Crippen LogP contribution in [0.4, 0.5) is 0 Å². The van der Waals surface area contributed by atoms with Gasteiger partial charge < -0.3 is 10.1 Å². The van der Waals surface area contributed by atoms with E-state index in [1.807, 2.05) is 38.1 Å². The molecule has 0 aliphatic carbocycles. The van der Waals surface area contributed by atoms with Gasteiger partial charge in [0.15, 0.2) is 0 Å². The number of benzene rings is 1. The summed E-state index contributed by atoms with van der Waals surface area (Å²) in [6.07, 6.45) is 0.730. The van der Waals surface area contributed by atoms with Gasteiger partial charge in [-0.1, -0.05) is 48.3 Å². The molecule has 25 heavy (non-hydrogen) atoms. The molecule has 0 aliphatic rings. The van der Waals surface area contributed by atoms with Crippen LogP contribution >= 0.6 is 15.9 Å². The second-order valence-electron chi connectivity index (χ2n) is 5.58. The number of halogens is 1. The van der Waals surface area contributed by atoms with E-state index in [1.165, 1.54) is 11.9 Å². The Morgan fingerprint density at radius 2 is 2.08 bits per heavy atom. The molecule has 1 aromatic carbocycles. The van der Waals surface area contributed by atoms with Crippen LogP contribution in [0.5, 0.6) is 0 Å². The van der Waals surface area contributed by atoms with Crippen molar-refractivity contribution in [2.24, 2.45) is 5.92 Å². The number of tetrazole rings is 1. The average Bonchev–Trinajstić information content (AvgIpc) is 3.06. The first kappa shape index (κ1) is 19.0. The van der Waals surface area contributed by atoms with Gasteiger partial charge in [0.1, 0.15) is 12.6 Å². The van der Waals surface area contributed by atoms with Crippen molar-refractivity contribution >= 4 is 27.8 Å². The summed E-state index contributed by atoms with van der Waals surface area (Å²) in [5.41, 5.74) is 0.779. The zero-order valence-corrected chi connectivity index (χ0v) is 15.9. The molecule has 9 heteroatoms. The zero-order valence-electron chi connectivity index (χ0n) is 14.3. The van der Waals surface area contributed by atoms with Crippen molar-refractivity contribution in [3.05, 3.63) is 28.7 Å². The van der Waals surface area contributed by atoms with Gasteiger partial charge in [0, 0.05) is 10.0 Å². The van der Waals surface area contributed by atoms with Crippen molar-refractivity contribution in [2.45, 2.75) is 32.9 Å². The minimum atomic E-state index is -0.700. The number of hydrogen-bond acceptors (Lipinski definition) is 6. The van der Waals surface area contributed by atoms with Gasteiger partial charge in [-0.2, -0.15) is 4.80 Å². The van der Waals surface area contributed by atoms with Gasteiger partial charge in [-0.15, -0.1) is 10.2 Å². The first-order chi connectivity index (χ1) is 12.0. The molecule has 0 saturated heterocycles. The number of hydrogen-bond donors (Lipinski definition) is 1. The van der Waals surface area contributed by atoms with E-state index in [0.717, 1.165) is 16.5 Å². The summed E-state index contributed by atoms with van der Waals surface area (Å²) < 4.78 is 5.59. The van der Waals surface area contributed by atoms with E-state index in [1.54, 1.807) is 0 Å². The smallest absolute Gasteiger partial charge is 0.328 e. The van der Waals surface area contributed by atoms with Crippen molar-refractivity contribution in [3.63, 3.8) is 0 Å². The highest BCUT2D eigenvalue weighted by molar-refractivity contribution is 9.10. The highest BCUT2D eigenvalue weighted by atomic mass is 79.9. The van der Waals surface area contributed by atoms with Gasteiger partial charge in [0.05, 0.1) is 7.11 Å². The molecule has 2 atom stereocenters. The average molecular weight is 410 g/mol. The quantitative estimate of drug-likeness (QED) is 0.699. The molecule has 0 saturated carbocycles. The standard InChI is InChI=1S/C16H20BrN5O3/c1-4-10(2)14(16(24)25-3)18-13(23)9-22-20-15(19-21-22)11-7-5-6-8-12(11)17/h5-8,10,14H,4,9H2,1-3H3,(H,18,23)/t10-,14-/m0/s1. The molecule has 0 unspecified atom stereocenters. The molecule has 0 aliphatic heterocycles. The minimum Gasteiger partial charge on any atom is -0.467 e. The summed E-state index contributed by atoms with van der Waals surface area (Å²) in [6, 6.07) is 6.76. The third-order valence-electron chi connectivity index (χ3n) is 3.84. The Labute approximate surface area is 154 Å². The van der Waals surface area contributed by atoms with Crippen molar-refractivity contribution < 1.29 is 14.3 Å². The summed E-state index contributed by atoms with van der Waals surface area (Å²) in [4.78, 5) is 25.2. The maximum atomic E-state index is 12.2. The number of carbonyl (C=O) groups is 2. The summed E-state index contributed by atoms with van der Waals surface area (Å²) in [7, 11) is 1.30. The molecule has 0 radical (unpaired) electrons. The van der Waals surface area contributed by atoms with Gasteiger partial charge in [-0.25, -0.2) is 4.79 Å². The normalized spacial score (nSPS) is 13.1. The lowest BCUT2D eigenvalue weighted by molar-refractivity contribution is -0.146. The third kappa shape index (κ3) is 4.85. The van der Waals surface area contributed by atoms with Crippen LogP contribution in [0.15, 0.2) is 28.7 Å². The van der Waals surface area contributed by atoms with Crippen molar-refractivity contribution in [2.75, 3.05) is 7.11 Å². The number of rotatable bonds is 7. The predicted molar refractivity (Wildman–Crippen MR) is 94.4 cm³/mol. The molecular formula is C16H20BrN5O3. The Morgan fingerprint density at radius 1 is 1.36 bits per heavy atom. The highest BCUT2D eigenvalue weighted by Gasteiger charge is 2.27. The predicted octanol–water partition coefficient (Wildman–Crippen LogP) is 1.81. The van der Waals surface area contributed by atoms with E-state index in [9.17, 15) is 9.59 Å². The number of methoxy groups -OCH3 is 1. The summed E-state index contributed by atoms with van der Waals surface area (Å²) in [5.74, 6) is -0.488. The van der Waals surface area contributed by atoms with Crippen LogP contribution in [0.25, 0.3) is 11.4 Å². The second-order valence-corrected chi connectivity index (χ2v) is 6.43. The fourth-order valence-electron chi connectivity index (χ4n) is 2.20. The molecule has 0 fully saturated rings. The molecule has 0 bridgehead atoms. The van der Waals surface area contributed by atoms with E-state index in [0.29, 0.717) is 5.82 Å². The number of amides is 1. The fraction of sp³-hybridized carbons (Fsp3) is 0.438. The molecule has 2 rings (SSSR count). The second kappa shape index (κ2) is 8.70. The van der Waals surface area contributed by atoms with E-state index in [-0.39, 0.29) is 18.4 Å². The van der Waals surface area contributed by atoms with E-state index >= 15 is 0 Å². The van der Waals surface area contributed by atoms with Gasteiger partial charge in [0.25, 0.3) is 0 Å². The molecule has 2 aromatic rings. The first-order valence-electron chi connectivity index (χ1n) is 7.86. The number of nitrogens with zero attached hydrogens (tertiary/aromatic N) is 4. The Morgan fingerprint density at radius 3 is 2.72 bits per heavy atom. The third-order valence-corrected chi connectivity index (χ3v) is 4.53. The molecule has 1 aromatic heterocycles. The highest BCUT2D eigenvalue weighted by Crippen LogP contribution is 2.24. The zero-order chi connectivity index (χ0) is 18.4. The monoisotopic (exact) mass is 409 g/mol. The largest absolute Gasteiger partial charge is 0.467 e. The summed E-state index contributed by atoms with van der Waals surface area (Å²) in [6.45, 7) is 3.68. The first-order valence-corrected chi connectivity index (χ1v) is 8.65. The molecule has 1 heterocycles.